The summed E-state index contributed by atoms with van der Waals surface area (Å²) in [7, 11) is 2.87. The first-order chi connectivity index (χ1) is 8.63. The third-order valence-electron chi connectivity index (χ3n) is 4.75. The molecule has 18 heavy (non-hydrogen) atoms. The molecule has 0 aliphatic heterocycles. The summed E-state index contributed by atoms with van der Waals surface area (Å²) in [6, 6.07) is 0. The Balaban J connectivity index is 2.74. The smallest absolute Gasteiger partial charge is 0.0675 e. The highest BCUT2D eigenvalue weighted by Crippen LogP contribution is 2.61. The fourth-order valence-corrected chi connectivity index (χ4v) is 5.53. The van der Waals surface area contributed by atoms with Gasteiger partial charge in [-0.2, -0.15) is 0 Å². The number of allylic oxidation sites excluding steroid dienone is 1. The number of hydrogen-bond acceptors (Lipinski definition) is 2. The summed E-state index contributed by atoms with van der Waals surface area (Å²) in [6.45, 7) is 4.68. The van der Waals surface area contributed by atoms with Crippen LogP contribution in [0.25, 0.3) is 0 Å². The topological polar surface area (TPSA) is 29.4 Å². The third kappa shape index (κ3) is 3.33. The molecule has 0 radical (unpaired) electrons. The molecular formula is C14H25INOP. The Morgan fingerprint density at radius 2 is 2.28 bits per heavy atom. The molecule has 0 spiro atoms. The van der Waals surface area contributed by atoms with Crippen molar-refractivity contribution in [3.63, 3.8) is 0 Å². The van der Waals surface area contributed by atoms with E-state index in [0.717, 1.165) is 18.3 Å². The quantitative estimate of drug-likeness (QED) is 0.247. The van der Waals surface area contributed by atoms with E-state index >= 15 is 0 Å². The lowest BCUT2D eigenvalue weighted by Gasteiger charge is -2.59. The van der Waals surface area contributed by atoms with Crippen molar-refractivity contribution < 1.29 is 0 Å². The van der Waals surface area contributed by atoms with Crippen LogP contribution in [-0.4, -0.2) is 10.1 Å². The molecule has 1 rings (SSSR count). The Morgan fingerprint density at radius 1 is 1.56 bits per heavy atom. The van der Waals surface area contributed by atoms with Gasteiger partial charge in [-0.15, -0.1) is 14.1 Å². The Bertz CT molecular complexity index is 296. The molecule has 0 bridgehead atoms. The molecule has 0 heterocycles. The molecule has 4 heteroatoms. The van der Waals surface area contributed by atoms with E-state index in [1.165, 1.54) is 38.0 Å². The minimum Gasteiger partial charge on any atom is -0.145 e. The lowest BCUT2D eigenvalue weighted by molar-refractivity contribution is -0.0591. The van der Waals surface area contributed by atoms with Crippen LogP contribution in [0.15, 0.2) is 17.5 Å². The van der Waals surface area contributed by atoms with E-state index in [-0.39, 0.29) is 0 Å². The van der Waals surface area contributed by atoms with Gasteiger partial charge in [-0.3, -0.25) is 0 Å². The number of rotatable bonds is 8. The summed E-state index contributed by atoms with van der Waals surface area (Å²) in [5.74, 6) is 1.73. The number of nitrogens with zero attached hydrogens (tertiary/aromatic N) is 1. The standard InChI is InChI=1S/C14H25INOP/c1-3-12-10-13(6-9-18)14(12,11(2)15)7-4-5-8-16-17/h5,8,11-13H,3-4,6-7,9-10,18H2,1-2H3/b8-5-. The van der Waals surface area contributed by atoms with Gasteiger partial charge < -0.3 is 0 Å². The van der Waals surface area contributed by atoms with Gasteiger partial charge in [0.2, 0.25) is 0 Å². The van der Waals surface area contributed by atoms with Gasteiger partial charge in [0.05, 0.1) is 6.20 Å². The maximum absolute atomic E-state index is 10.1. The normalized spacial score (nSPS) is 33.3. The van der Waals surface area contributed by atoms with E-state index in [4.69, 9.17) is 0 Å². The predicted molar refractivity (Wildman–Crippen MR) is 91.2 cm³/mol. The molecule has 0 aromatic heterocycles. The summed E-state index contributed by atoms with van der Waals surface area (Å²) in [5, 5.41) is 2.80. The summed E-state index contributed by atoms with van der Waals surface area (Å²) in [5.41, 5.74) is 0.485. The van der Waals surface area contributed by atoms with Crippen LogP contribution in [-0.2, 0) is 0 Å². The fraction of sp³-hybridized carbons (Fsp3) is 0.857. The van der Waals surface area contributed by atoms with Crippen LogP contribution < -0.4 is 0 Å². The zero-order valence-electron chi connectivity index (χ0n) is 11.4. The van der Waals surface area contributed by atoms with Gasteiger partial charge in [0.15, 0.2) is 0 Å². The summed E-state index contributed by atoms with van der Waals surface area (Å²) in [4.78, 5) is 10.1. The maximum Gasteiger partial charge on any atom is 0.0675 e. The van der Waals surface area contributed by atoms with Crippen molar-refractivity contribution in [1.29, 1.82) is 0 Å². The van der Waals surface area contributed by atoms with E-state index < -0.39 is 0 Å². The number of hydrogen-bond donors (Lipinski definition) is 0. The lowest BCUT2D eigenvalue weighted by atomic mass is 9.48. The largest absolute Gasteiger partial charge is 0.145 e. The first kappa shape index (κ1) is 16.6. The van der Waals surface area contributed by atoms with Crippen LogP contribution in [0.3, 0.4) is 0 Å². The molecular weight excluding hydrogens is 356 g/mol. The molecule has 2 nitrogen and oxygen atoms in total. The minimum atomic E-state index is 0.485. The second-order valence-electron chi connectivity index (χ2n) is 5.37. The molecule has 0 aromatic carbocycles. The van der Waals surface area contributed by atoms with E-state index in [1.807, 2.05) is 6.08 Å². The molecule has 1 saturated carbocycles. The lowest BCUT2D eigenvalue weighted by Crippen LogP contribution is -2.53. The van der Waals surface area contributed by atoms with Gasteiger partial charge in [0.25, 0.3) is 0 Å². The van der Waals surface area contributed by atoms with Crippen molar-refractivity contribution in [1.82, 2.24) is 0 Å². The van der Waals surface area contributed by atoms with Crippen molar-refractivity contribution in [3.05, 3.63) is 17.2 Å². The van der Waals surface area contributed by atoms with Gasteiger partial charge in [-0.25, -0.2) is 0 Å². The van der Waals surface area contributed by atoms with Crippen molar-refractivity contribution in [2.24, 2.45) is 22.4 Å². The molecule has 0 N–H and O–H groups in total. The molecule has 0 aromatic rings. The highest BCUT2D eigenvalue weighted by atomic mass is 127. The molecule has 5 unspecified atom stereocenters. The Kier molecular flexibility index (Phi) is 7.30. The molecule has 0 amide bonds. The van der Waals surface area contributed by atoms with E-state index in [0.29, 0.717) is 9.34 Å². The van der Waals surface area contributed by atoms with E-state index in [1.54, 1.807) is 0 Å². The minimum absolute atomic E-state index is 0.485. The Hall–Kier alpha value is 0.500. The Morgan fingerprint density at radius 3 is 2.78 bits per heavy atom. The van der Waals surface area contributed by atoms with Gasteiger partial charge in [0, 0.05) is 3.92 Å². The first-order valence-electron chi connectivity index (χ1n) is 6.95. The third-order valence-corrected chi connectivity index (χ3v) is 6.24. The van der Waals surface area contributed by atoms with Crippen molar-refractivity contribution in [2.45, 2.75) is 49.9 Å². The average molecular weight is 381 g/mol. The van der Waals surface area contributed by atoms with E-state index in [9.17, 15) is 4.91 Å². The van der Waals surface area contributed by atoms with Crippen molar-refractivity contribution >= 4 is 31.8 Å². The van der Waals surface area contributed by atoms with Crippen LogP contribution in [0.5, 0.6) is 0 Å². The van der Waals surface area contributed by atoms with Crippen LogP contribution in [0.2, 0.25) is 0 Å². The summed E-state index contributed by atoms with van der Waals surface area (Å²) >= 11 is 2.61. The average Bonchev–Trinajstić information content (AvgIpc) is 2.33. The maximum atomic E-state index is 10.1. The monoisotopic (exact) mass is 381 g/mol. The number of halogens is 1. The van der Waals surface area contributed by atoms with Gasteiger partial charge in [0.1, 0.15) is 0 Å². The highest BCUT2D eigenvalue weighted by Gasteiger charge is 2.54. The number of alkyl halides is 1. The second kappa shape index (κ2) is 7.94. The molecule has 0 saturated heterocycles. The molecule has 1 aliphatic rings. The predicted octanol–water partition coefficient (Wildman–Crippen LogP) is 5.17. The molecule has 104 valence electrons. The number of nitroso groups, excluding NO2 is 1. The summed E-state index contributed by atoms with van der Waals surface area (Å²) in [6.07, 6.45) is 10.7. The Labute approximate surface area is 127 Å². The zero-order chi connectivity index (χ0) is 13.6. The first-order valence-corrected chi connectivity index (χ1v) is 9.01. The van der Waals surface area contributed by atoms with Gasteiger partial charge in [-0.1, -0.05) is 48.9 Å². The van der Waals surface area contributed by atoms with Crippen LogP contribution in [0.4, 0.5) is 0 Å². The SMILES string of the molecule is CCC1CC(CCP)C1(CC/C=C\N=O)C(C)I. The molecule has 1 fully saturated rings. The molecule has 5 atom stereocenters. The van der Waals surface area contributed by atoms with Crippen molar-refractivity contribution in [2.75, 3.05) is 6.16 Å². The van der Waals surface area contributed by atoms with E-state index in [2.05, 4.69) is 50.9 Å². The highest BCUT2D eigenvalue weighted by molar-refractivity contribution is 14.1. The van der Waals surface area contributed by atoms with Gasteiger partial charge in [-0.05, 0) is 54.3 Å². The summed E-state index contributed by atoms with van der Waals surface area (Å²) < 4.78 is 0.702. The van der Waals surface area contributed by atoms with Crippen molar-refractivity contribution in [3.8, 4) is 0 Å². The van der Waals surface area contributed by atoms with Crippen LogP contribution in [0.1, 0.15) is 46.0 Å². The fourth-order valence-electron chi connectivity index (χ4n) is 3.80. The van der Waals surface area contributed by atoms with Crippen LogP contribution in [0, 0.1) is 22.2 Å². The second-order valence-corrected chi connectivity index (χ2v) is 7.82. The zero-order valence-corrected chi connectivity index (χ0v) is 14.8. The molecule has 1 aliphatic carbocycles. The van der Waals surface area contributed by atoms with Crippen LogP contribution >= 0.6 is 31.8 Å². The van der Waals surface area contributed by atoms with Gasteiger partial charge >= 0.3 is 0 Å².